The van der Waals surface area contributed by atoms with E-state index in [9.17, 15) is 19.2 Å². The number of esters is 2. The molecule has 1 aliphatic heterocycles. The highest BCUT2D eigenvalue weighted by Crippen LogP contribution is 2.20. The fourth-order valence-corrected chi connectivity index (χ4v) is 2.98. The molecule has 0 atom stereocenters. The number of carbonyl (C=O) groups is 4. The van der Waals surface area contributed by atoms with Gasteiger partial charge in [0.25, 0.3) is 0 Å². The molecule has 1 aromatic carbocycles. The molecule has 2 rings (SSSR count). The third-order valence-corrected chi connectivity index (χ3v) is 4.57. The number of ether oxygens (including phenoxy) is 2. The van der Waals surface area contributed by atoms with Gasteiger partial charge in [-0.25, -0.2) is 4.79 Å². The van der Waals surface area contributed by atoms with Gasteiger partial charge in [-0.05, 0) is 24.3 Å². The molecule has 0 saturated carbocycles. The molecule has 0 spiro atoms. The third kappa shape index (κ3) is 5.93. The lowest BCUT2D eigenvalue weighted by molar-refractivity contribution is -0.143. The largest absolute Gasteiger partial charge is 0.469 e. The van der Waals surface area contributed by atoms with Crippen molar-refractivity contribution in [1.82, 2.24) is 10.2 Å². The Morgan fingerprint density at radius 3 is 2.17 bits per heavy atom. The monoisotopic (exact) mass is 419 g/mol. The van der Waals surface area contributed by atoms with Gasteiger partial charge in [0.05, 0.1) is 27.1 Å². The summed E-state index contributed by atoms with van der Waals surface area (Å²) in [6.45, 7) is 0.498. The SMILES string of the molecule is COC(=O)CC(CC(=O)OC)NC(=O)CN1CCN(c2ccc(C(=N)N)cc2)C1=O. The molecule has 30 heavy (non-hydrogen) atoms. The Morgan fingerprint density at radius 1 is 1.10 bits per heavy atom. The second-order valence-corrected chi connectivity index (χ2v) is 6.64. The van der Waals surface area contributed by atoms with E-state index in [1.54, 1.807) is 24.3 Å². The summed E-state index contributed by atoms with van der Waals surface area (Å²) in [6, 6.07) is 5.50. The Balaban J connectivity index is 1.97. The number of nitrogens with zero attached hydrogens (tertiary/aromatic N) is 2. The van der Waals surface area contributed by atoms with E-state index < -0.39 is 23.9 Å². The standard InChI is InChI=1S/C19H25N5O6/c1-29-16(26)9-13(10-17(27)30-2)22-15(25)11-23-7-8-24(19(23)28)14-5-3-12(4-6-14)18(20)21/h3-6,13H,7-11H2,1-2H3,(H3,20,21)(H,22,25). The molecule has 0 radical (unpaired) electrons. The molecule has 0 unspecified atom stereocenters. The van der Waals surface area contributed by atoms with E-state index in [-0.39, 0.29) is 31.3 Å². The van der Waals surface area contributed by atoms with Crippen LogP contribution >= 0.6 is 0 Å². The van der Waals surface area contributed by atoms with Crippen molar-refractivity contribution in [3.8, 4) is 0 Å². The lowest BCUT2D eigenvalue weighted by Crippen LogP contribution is -2.45. The molecule has 162 valence electrons. The second kappa shape index (κ2) is 10.2. The predicted molar refractivity (Wildman–Crippen MR) is 107 cm³/mol. The highest BCUT2D eigenvalue weighted by Gasteiger charge is 2.31. The summed E-state index contributed by atoms with van der Waals surface area (Å²) in [5, 5.41) is 9.99. The van der Waals surface area contributed by atoms with E-state index in [0.717, 1.165) is 0 Å². The van der Waals surface area contributed by atoms with Crippen molar-refractivity contribution in [2.24, 2.45) is 5.73 Å². The number of methoxy groups -OCH3 is 2. The number of carbonyl (C=O) groups excluding carboxylic acids is 4. The van der Waals surface area contributed by atoms with Crippen molar-refractivity contribution < 1.29 is 28.7 Å². The van der Waals surface area contributed by atoms with Gasteiger partial charge in [0, 0.05) is 30.4 Å². The number of hydrogen-bond acceptors (Lipinski definition) is 7. The van der Waals surface area contributed by atoms with E-state index in [1.165, 1.54) is 24.0 Å². The minimum Gasteiger partial charge on any atom is -0.469 e. The average Bonchev–Trinajstić information content (AvgIpc) is 3.07. The van der Waals surface area contributed by atoms with Crippen LogP contribution in [-0.2, 0) is 23.9 Å². The number of rotatable bonds is 9. The molecule has 0 aromatic heterocycles. The first kappa shape index (κ1) is 22.7. The minimum absolute atomic E-state index is 0.0685. The Kier molecular flexibility index (Phi) is 7.73. The van der Waals surface area contributed by atoms with Crippen LogP contribution < -0.4 is 16.0 Å². The highest BCUT2D eigenvalue weighted by atomic mass is 16.5. The normalized spacial score (nSPS) is 13.4. The molecule has 0 bridgehead atoms. The van der Waals surface area contributed by atoms with Gasteiger partial charge in [-0.15, -0.1) is 0 Å². The van der Waals surface area contributed by atoms with Crippen molar-refractivity contribution in [3.63, 3.8) is 0 Å². The van der Waals surface area contributed by atoms with Gasteiger partial charge in [-0.3, -0.25) is 24.7 Å². The number of urea groups is 1. The molecular formula is C19H25N5O6. The first-order valence-corrected chi connectivity index (χ1v) is 9.19. The Bertz CT molecular complexity index is 807. The number of nitrogens with one attached hydrogen (secondary N) is 2. The number of anilines is 1. The molecule has 0 aliphatic carbocycles. The number of nitrogens with two attached hydrogens (primary N) is 1. The molecule has 11 heteroatoms. The lowest BCUT2D eigenvalue weighted by atomic mass is 10.1. The summed E-state index contributed by atoms with van der Waals surface area (Å²) in [7, 11) is 2.42. The van der Waals surface area contributed by atoms with Crippen LogP contribution in [0.4, 0.5) is 10.5 Å². The number of benzene rings is 1. The van der Waals surface area contributed by atoms with Gasteiger partial charge in [-0.1, -0.05) is 0 Å². The van der Waals surface area contributed by atoms with Gasteiger partial charge >= 0.3 is 18.0 Å². The van der Waals surface area contributed by atoms with Crippen LogP contribution in [0.15, 0.2) is 24.3 Å². The zero-order valence-corrected chi connectivity index (χ0v) is 16.8. The summed E-state index contributed by atoms with van der Waals surface area (Å²) >= 11 is 0. The highest BCUT2D eigenvalue weighted by molar-refractivity contribution is 5.98. The van der Waals surface area contributed by atoms with E-state index in [4.69, 9.17) is 11.1 Å². The maximum Gasteiger partial charge on any atom is 0.325 e. The van der Waals surface area contributed by atoms with Crippen LogP contribution in [0.3, 0.4) is 0 Å². The maximum atomic E-state index is 12.7. The van der Waals surface area contributed by atoms with Crippen molar-refractivity contribution in [2.45, 2.75) is 18.9 Å². The summed E-state index contributed by atoms with van der Waals surface area (Å²) in [5.41, 5.74) is 6.60. The molecular weight excluding hydrogens is 394 g/mol. The summed E-state index contributed by atoms with van der Waals surface area (Å²) in [6.07, 6.45) is -0.389. The van der Waals surface area contributed by atoms with Gasteiger partial charge in [0.1, 0.15) is 12.4 Å². The van der Waals surface area contributed by atoms with Crippen LogP contribution in [0.5, 0.6) is 0 Å². The number of nitrogen functional groups attached to an aromatic ring is 1. The minimum atomic E-state index is -0.801. The van der Waals surface area contributed by atoms with Gasteiger partial charge in [0.2, 0.25) is 5.91 Å². The Hall–Kier alpha value is -3.63. The van der Waals surface area contributed by atoms with Crippen molar-refractivity contribution in [1.29, 1.82) is 5.41 Å². The number of hydrogen-bond donors (Lipinski definition) is 3. The van der Waals surface area contributed by atoms with Crippen molar-refractivity contribution >= 4 is 35.4 Å². The fourth-order valence-electron chi connectivity index (χ4n) is 2.98. The zero-order chi connectivity index (χ0) is 22.3. The molecule has 1 saturated heterocycles. The fraction of sp³-hybridized carbons (Fsp3) is 0.421. The number of amides is 3. The Morgan fingerprint density at radius 2 is 1.67 bits per heavy atom. The van der Waals surface area contributed by atoms with Crippen molar-refractivity contribution in [2.75, 3.05) is 38.8 Å². The summed E-state index contributed by atoms with van der Waals surface area (Å²) in [4.78, 5) is 51.0. The molecule has 1 heterocycles. The van der Waals surface area contributed by atoms with E-state index in [0.29, 0.717) is 24.3 Å². The molecule has 1 aliphatic rings. The molecule has 11 nitrogen and oxygen atoms in total. The zero-order valence-electron chi connectivity index (χ0n) is 16.8. The van der Waals surface area contributed by atoms with Crippen LogP contribution in [0.2, 0.25) is 0 Å². The van der Waals surface area contributed by atoms with Gasteiger partial charge in [0.15, 0.2) is 0 Å². The summed E-state index contributed by atoms with van der Waals surface area (Å²) < 4.78 is 9.16. The summed E-state index contributed by atoms with van der Waals surface area (Å²) in [5.74, 6) is -1.74. The first-order chi connectivity index (χ1) is 14.2. The second-order valence-electron chi connectivity index (χ2n) is 6.64. The lowest BCUT2D eigenvalue weighted by Gasteiger charge is -2.21. The first-order valence-electron chi connectivity index (χ1n) is 9.19. The molecule has 4 N–H and O–H groups in total. The van der Waals surface area contributed by atoms with E-state index >= 15 is 0 Å². The third-order valence-electron chi connectivity index (χ3n) is 4.57. The predicted octanol–water partition coefficient (Wildman–Crippen LogP) is -0.176. The molecule has 3 amide bonds. The molecule has 1 fully saturated rings. The van der Waals surface area contributed by atoms with Gasteiger partial charge < -0.3 is 25.4 Å². The average molecular weight is 419 g/mol. The van der Waals surface area contributed by atoms with E-state index in [1.807, 2.05) is 0 Å². The van der Waals surface area contributed by atoms with Crippen LogP contribution in [0, 0.1) is 5.41 Å². The number of amidine groups is 1. The quantitative estimate of drug-likeness (QED) is 0.285. The van der Waals surface area contributed by atoms with Crippen LogP contribution in [0.1, 0.15) is 18.4 Å². The topological polar surface area (TPSA) is 155 Å². The maximum absolute atomic E-state index is 12.7. The van der Waals surface area contributed by atoms with Crippen molar-refractivity contribution in [3.05, 3.63) is 29.8 Å². The van der Waals surface area contributed by atoms with E-state index in [2.05, 4.69) is 14.8 Å². The molecule has 1 aromatic rings. The van der Waals surface area contributed by atoms with Crippen LogP contribution in [0.25, 0.3) is 0 Å². The van der Waals surface area contributed by atoms with Crippen LogP contribution in [-0.4, -0.2) is 74.5 Å². The Labute approximate surface area is 173 Å². The van der Waals surface area contributed by atoms with Gasteiger partial charge in [-0.2, -0.15) is 0 Å². The smallest absolute Gasteiger partial charge is 0.325 e.